The monoisotopic (exact) mass is 276 g/mol. The van der Waals surface area contributed by atoms with Gasteiger partial charge >= 0.3 is 0 Å². The van der Waals surface area contributed by atoms with Crippen LogP contribution in [0.2, 0.25) is 0 Å². The van der Waals surface area contributed by atoms with Crippen LogP contribution in [0.15, 0.2) is 60.7 Å². The Labute approximate surface area is 121 Å². The van der Waals surface area contributed by atoms with Crippen molar-refractivity contribution in [2.75, 3.05) is 27.3 Å². The summed E-state index contributed by atoms with van der Waals surface area (Å²) in [6, 6.07) is 19.5. The second-order valence-corrected chi connectivity index (χ2v) is 3.32. The van der Waals surface area contributed by atoms with Crippen LogP contribution in [-0.4, -0.2) is 27.3 Å². The summed E-state index contributed by atoms with van der Waals surface area (Å²) < 4.78 is 11.0. The molecule has 0 bridgehead atoms. The molecule has 0 atom stereocenters. The molecule has 0 spiro atoms. The molecule has 0 fully saturated rings. The molecule has 4 heteroatoms. The number of benzene rings is 2. The van der Waals surface area contributed by atoms with E-state index in [1.54, 1.807) is 0 Å². The smallest absolute Gasteiger partial charge is 0.122 e. The largest absolute Gasteiger partial charge is 0.490 e. The molecule has 2 rings (SSSR count). The second kappa shape index (κ2) is 13.4. The van der Waals surface area contributed by atoms with E-state index < -0.39 is 0 Å². The lowest BCUT2D eigenvalue weighted by atomic mass is 10.3. The Morgan fingerprint density at radius 2 is 0.900 bits per heavy atom. The van der Waals surface area contributed by atoms with Crippen LogP contribution in [0.4, 0.5) is 0 Å². The highest BCUT2D eigenvalue weighted by molar-refractivity contribution is 5.22. The number of para-hydroxylation sites is 2. The summed E-state index contributed by atoms with van der Waals surface area (Å²) in [5, 5.41) is 0. The van der Waals surface area contributed by atoms with E-state index in [0.29, 0.717) is 13.2 Å². The summed E-state index contributed by atoms with van der Waals surface area (Å²) in [6.45, 7) is 1.11. The summed E-state index contributed by atoms with van der Waals surface area (Å²) in [5.74, 6) is 1.75. The van der Waals surface area contributed by atoms with Gasteiger partial charge in [0.05, 0.1) is 0 Å². The first-order valence-electron chi connectivity index (χ1n) is 6.46. The number of hydrogen-bond acceptors (Lipinski definition) is 4. The zero-order chi connectivity index (χ0) is 15.1. The first-order valence-corrected chi connectivity index (χ1v) is 6.46. The lowest BCUT2D eigenvalue weighted by molar-refractivity contribution is 0.217. The van der Waals surface area contributed by atoms with Gasteiger partial charge in [-0.2, -0.15) is 0 Å². The van der Waals surface area contributed by atoms with Crippen LogP contribution in [-0.2, 0) is 0 Å². The van der Waals surface area contributed by atoms with E-state index in [4.69, 9.17) is 9.47 Å². The second-order valence-electron chi connectivity index (χ2n) is 3.32. The highest BCUT2D eigenvalue weighted by atomic mass is 16.5. The van der Waals surface area contributed by atoms with Crippen molar-refractivity contribution in [2.24, 2.45) is 11.5 Å². The molecule has 4 nitrogen and oxygen atoms in total. The molecule has 0 saturated heterocycles. The summed E-state index contributed by atoms with van der Waals surface area (Å²) >= 11 is 0. The van der Waals surface area contributed by atoms with Crippen LogP contribution < -0.4 is 20.9 Å². The summed E-state index contributed by atoms with van der Waals surface area (Å²) in [5.41, 5.74) is 9.00. The highest BCUT2D eigenvalue weighted by Crippen LogP contribution is 2.10. The van der Waals surface area contributed by atoms with Crippen molar-refractivity contribution in [1.82, 2.24) is 0 Å². The van der Waals surface area contributed by atoms with Gasteiger partial charge in [0, 0.05) is 0 Å². The van der Waals surface area contributed by atoms with Crippen LogP contribution in [0.3, 0.4) is 0 Å². The van der Waals surface area contributed by atoms with Crippen molar-refractivity contribution in [3.63, 3.8) is 0 Å². The lowest BCUT2D eigenvalue weighted by Crippen LogP contribution is -2.08. The Morgan fingerprint density at radius 1 is 0.600 bits per heavy atom. The normalized spacial score (nSPS) is 8.40. The molecule has 20 heavy (non-hydrogen) atoms. The van der Waals surface area contributed by atoms with Crippen molar-refractivity contribution in [3.8, 4) is 11.5 Å². The molecule has 0 aliphatic heterocycles. The number of rotatable bonds is 5. The van der Waals surface area contributed by atoms with Crippen LogP contribution in [0.5, 0.6) is 11.5 Å². The third kappa shape index (κ3) is 8.13. The molecule has 0 unspecified atom stereocenters. The number of ether oxygens (including phenoxy) is 2. The van der Waals surface area contributed by atoms with E-state index in [9.17, 15) is 0 Å². The molecular formula is C16H24N2O2. The SMILES string of the molecule is CN.CN.c1ccc(OCCOc2ccccc2)cc1. The number of hydrogen-bond donors (Lipinski definition) is 2. The van der Waals surface area contributed by atoms with E-state index in [1.165, 1.54) is 14.1 Å². The van der Waals surface area contributed by atoms with Gasteiger partial charge < -0.3 is 20.9 Å². The van der Waals surface area contributed by atoms with Crippen LogP contribution in [0.1, 0.15) is 0 Å². The Kier molecular flexibility index (Phi) is 12.0. The minimum Gasteiger partial charge on any atom is -0.490 e. The van der Waals surface area contributed by atoms with Gasteiger partial charge in [0.15, 0.2) is 0 Å². The molecule has 110 valence electrons. The third-order valence-corrected chi connectivity index (χ3v) is 2.11. The van der Waals surface area contributed by atoms with Crippen molar-refractivity contribution < 1.29 is 9.47 Å². The maximum atomic E-state index is 5.50. The van der Waals surface area contributed by atoms with Crippen molar-refractivity contribution >= 4 is 0 Å². The summed E-state index contributed by atoms with van der Waals surface area (Å²) in [7, 11) is 3.00. The van der Waals surface area contributed by atoms with Gasteiger partial charge in [-0.05, 0) is 38.4 Å². The van der Waals surface area contributed by atoms with Crippen molar-refractivity contribution in [2.45, 2.75) is 0 Å². The van der Waals surface area contributed by atoms with Crippen molar-refractivity contribution in [1.29, 1.82) is 0 Å². The zero-order valence-electron chi connectivity index (χ0n) is 12.2. The Balaban J connectivity index is 0.000000829. The maximum Gasteiger partial charge on any atom is 0.122 e. The van der Waals surface area contributed by atoms with E-state index >= 15 is 0 Å². The lowest BCUT2D eigenvalue weighted by Gasteiger charge is -2.07. The predicted molar refractivity (Wildman–Crippen MR) is 84.1 cm³/mol. The molecule has 0 radical (unpaired) electrons. The van der Waals surface area contributed by atoms with E-state index in [2.05, 4.69) is 11.5 Å². The Hall–Kier alpha value is -2.04. The van der Waals surface area contributed by atoms with Crippen LogP contribution >= 0.6 is 0 Å². The predicted octanol–water partition coefficient (Wildman–Crippen LogP) is 2.29. The fourth-order valence-electron chi connectivity index (χ4n) is 1.35. The van der Waals surface area contributed by atoms with Gasteiger partial charge in [-0.3, -0.25) is 0 Å². The standard InChI is InChI=1S/C14H14O2.2CH5N/c1-3-7-13(8-4-1)15-11-12-16-14-9-5-2-6-10-14;2*1-2/h1-10H,11-12H2;2*2H2,1H3. The molecule has 0 aliphatic carbocycles. The Morgan fingerprint density at radius 3 is 1.20 bits per heavy atom. The summed E-state index contributed by atoms with van der Waals surface area (Å²) in [4.78, 5) is 0. The van der Waals surface area contributed by atoms with Gasteiger partial charge in [0.25, 0.3) is 0 Å². The van der Waals surface area contributed by atoms with E-state index in [0.717, 1.165) is 11.5 Å². The average Bonchev–Trinajstić information content (AvgIpc) is 2.57. The topological polar surface area (TPSA) is 70.5 Å². The molecule has 2 aromatic carbocycles. The molecule has 0 saturated carbocycles. The highest BCUT2D eigenvalue weighted by Gasteiger charge is 1.93. The van der Waals surface area contributed by atoms with Gasteiger partial charge in [-0.1, -0.05) is 36.4 Å². The molecule has 0 amide bonds. The molecule has 4 N–H and O–H groups in total. The quantitative estimate of drug-likeness (QED) is 0.822. The van der Waals surface area contributed by atoms with E-state index in [1.807, 2.05) is 60.7 Å². The van der Waals surface area contributed by atoms with Gasteiger partial charge in [0.2, 0.25) is 0 Å². The van der Waals surface area contributed by atoms with Gasteiger partial charge in [-0.15, -0.1) is 0 Å². The first-order chi connectivity index (χ1) is 9.95. The molecule has 0 heterocycles. The minimum absolute atomic E-state index is 0.554. The Bertz CT molecular complexity index is 366. The molecule has 0 aliphatic rings. The molecule has 2 aromatic rings. The molecule has 0 aromatic heterocycles. The van der Waals surface area contributed by atoms with Crippen molar-refractivity contribution in [3.05, 3.63) is 60.7 Å². The van der Waals surface area contributed by atoms with Crippen LogP contribution in [0.25, 0.3) is 0 Å². The summed E-state index contributed by atoms with van der Waals surface area (Å²) in [6.07, 6.45) is 0. The number of nitrogens with two attached hydrogens (primary N) is 2. The first kappa shape index (κ1) is 18.0. The average molecular weight is 276 g/mol. The van der Waals surface area contributed by atoms with Gasteiger partial charge in [0.1, 0.15) is 24.7 Å². The molecular weight excluding hydrogens is 252 g/mol. The fourth-order valence-corrected chi connectivity index (χ4v) is 1.35. The maximum absolute atomic E-state index is 5.50. The fraction of sp³-hybridized carbons (Fsp3) is 0.250. The minimum atomic E-state index is 0.554. The zero-order valence-corrected chi connectivity index (χ0v) is 12.2. The van der Waals surface area contributed by atoms with Gasteiger partial charge in [-0.25, -0.2) is 0 Å². The van der Waals surface area contributed by atoms with Crippen LogP contribution in [0, 0.1) is 0 Å². The van der Waals surface area contributed by atoms with E-state index in [-0.39, 0.29) is 0 Å². The third-order valence-electron chi connectivity index (χ3n) is 2.11.